The monoisotopic (exact) mass is 536 g/mol. The second kappa shape index (κ2) is 11.5. The van der Waals surface area contributed by atoms with Crippen LogP contribution in [0.3, 0.4) is 0 Å². The summed E-state index contributed by atoms with van der Waals surface area (Å²) in [6, 6.07) is 18.2. The van der Waals surface area contributed by atoms with Gasteiger partial charge in [0, 0.05) is 16.3 Å². The summed E-state index contributed by atoms with van der Waals surface area (Å²) < 4.78 is 11.5. The smallest absolute Gasteiger partial charge is 0.294 e. The Labute approximate surface area is 224 Å². The highest BCUT2D eigenvalue weighted by molar-refractivity contribution is 8.18. The lowest BCUT2D eigenvalue weighted by Gasteiger charge is -2.14. The molecule has 0 aromatic heterocycles. The molecule has 1 aliphatic heterocycles. The van der Waals surface area contributed by atoms with E-state index in [2.05, 4.69) is 5.32 Å². The first-order valence-corrected chi connectivity index (χ1v) is 12.6. The van der Waals surface area contributed by atoms with Crippen LogP contribution < -0.4 is 14.8 Å². The number of ether oxygens (including phenoxy) is 2. The number of hydrogen-bond acceptors (Lipinski definition) is 6. The molecular weight excluding hydrogens is 512 g/mol. The minimum atomic E-state index is -0.544. The van der Waals surface area contributed by atoms with E-state index in [1.54, 1.807) is 36.4 Å². The van der Waals surface area contributed by atoms with E-state index in [0.29, 0.717) is 27.8 Å². The Hall–Kier alpha value is -3.75. The van der Waals surface area contributed by atoms with Gasteiger partial charge in [0.25, 0.3) is 11.1 Å². The van der Waals surface area contributed by atoms with E-state index in [1.807, 2.05) is 44.2 Å². The van der Waals surface area contributed by atoms with Gasteiger partial charge in [-0.25, -0.2) is 0 Å². The maximum Gasteiger partial charge on any atom is 0.294 e. The molecule has 3 aromatic carbocycles. The predicted octanol–water partition coefficient (Wildman–Crippen LogP) is 6.22. The van der Waals surface area contributed by atoms with Crippen molar-refractivity contribution in [3.63, 3.8) is 0 Å². The Morgan fingerprint density at radius 1 is 1.08 bits per heavy atom. The number of anilines is 1. The predicted molar refractivity (Wildman–Crippen MR) is 146 cm³/mol. The molecule has 7 nitrogen and oxygen atoms in total. The van der Waals surface area contributed by atoms with Gasteiger partial charge in [0.1, 0.15) is 13.2 Å². The number of carbonyl (C=O) groups excluding carboxylic acids is 3. The van der Waals surface area contributed by atoms with Crippen LogP contribution in [0.4, 0.5) is 10.5 Å². The molecule has 1 fully saturated rings. The van der Waals surface area contributed by atoms with Gasteiger partial charge >= 0.3 is 0 Å². The Morgan fingerprint density at radius 2 is 1.84 bits per heavy atom. The second-order valence-corrected chi connectivity index (χ2v) is 9.86. The second-order valence-electron chi connectivity index (χ2n) is 8.43. The number of nitrogens with zero attached hydrogens (tertiary/aromatic N) is 1. The van der Waals surface area contributed by atoms with E-state index < -0.39 is 17.1 Å². The summed E-state index contributed by atoms with van der Waals surface area (Å²) in [6.45, 7) is 3.66. The molecule has 1 N–H and O–H groups in total. The number of amides is 3. The number of methoxy groups -OCH3 is 1. The lowest BCUT2D eigenvalue weighted by atomic mass is 10.1. The van der Waals surface area contributed by atoms with Crippen LogP contribution in [0, 0.1) is 13.8 Å². The van der Waals surface area contributed by atoms with Crippen LogP contribution >= 0.6 is 23.4 Å². The van der Waals surface area contributed by atoms with Crippen molar-refractivity contribution in [3.8, 4) is 11.5 Å². The van der Waals surface area contributed by atoms with Gasteiger partial charge in [-0.05, 0) is 72.6 Å². The highest BCUT2D eigenvalue weighted by Crippen LogP contribution is 2.37. The van der Waals surface area contributed by atoms with E-state index in [0.717, 1.165) is 33.4 Å². The minimum absolute atomic E-state index is 0.189. The van der Waals surface area contributed by atoms with Crippen LogP contribution in [0.15, 0.2) is 65.6 Å². The van der Waals surface area contributed by atoms with Crippen molar-refractivity contribution >= 4 is 52.2 Å². The first kappa shape index (κ1) is 26.3. The van der Waals surface area contributed by atoms with Gasteiger partial charge in [-0.1, -0.05) is 48.0 Å². The van der Waals surface area contributed by atoms with Crippen molar-refractivity contribution < 1.29 is 23.9 Å². The zero-order chi connectivity index (χ0) is 26.5. The van der Waals surface area contributed by atoms with E-state index in [4.69, 9.17) is 21.1 Å². The summed E-state index contributed by atoms with van der Waals surface area (Å²) in [4.78, 5) is 39.4. The molecule has 1 saturated heterocycles. The average Bonchev–Trinajstić information content (AvgIpc) is 3.13. The fourth-order valence-corrected chi connectivity index (χ4v) is 4.63. The molecule has 0 radical (unpaired) electrons. The van der Waals surface area contributed by atoms with Crippen molar-refractivity contribution in [2.24, 2.45) is 0 Å². The number of carbonyl (C=O) groups is 3. The van der Waals surface area contributed by atoms with Crippen LogP contribution in [0.2, 0.25) is 5.02 Å². The van der Waals surface area contributed by atoms with Crippen LogP contribution in [-0.2, 0) is 16.2 Å². The standard InChI is InChI=1S/C28H25ClN2O5S/c1-17-7-8-18(2)22(13-17)30-25(32)15-31-27(33)24(37-28(31)34)14-20-5-4-6-23(35-3)26(20)36-16-19-9-11-21(29)12-10-19/h4-14H,15-16H2,1-3H3,(H,30,32)/b24-14+. The van der Waals surface area contributed by atoms with E-state index in [1.165, 1.54) is 7.11 Å². The number of thioether (sulfide) groups is 1. The van der Waals surface area contributed by atoms with Crippen LogP contribution in [-0.4, -0.2) is 35.6 Å². The lowest BCUT2D eigenvalue weighted by Crippen LogP contribution is -2.36. The highest BCUT2D eigenvalue weighted by atomic mass is 35.5. The molecule has 1 heterocycles. The normalized spacial score (nSPS) is 14.3. The maximum atomic E-state index is 13.1. The fourth-order valence-electron chi connectivity index (χ4n) is 3.68. The van der Waals surface area contributed by atoms with Gasteiger partial charge in [0.05, 0.1) is 12.0 Å². The van der Waals surface area contributed by atoms with Gasteiger partial charge < -0.3 is 14.8 Å². The molecule has 9 heteroatoms. The van der Waals surface area contributed by atoms with E-state index in [-0.39, 0.29) is 18.1 Å². The summed E-state index contributed by atoms with van der Waals surface area (Å²) in [6.07, 6.45) is 1.58. The molecule has 3 aromatic rings. The summed E-state index contributed by atoms with van der Waals surface area (Å²) in [7, 11) is 1.52. The summed E-state index contributed by atoms with van der Waals surface area (Å²) in [5, 5.41) is 2.90. The largest absolute Gasteiger partial charge is 0.493 e. The topological polar surface area (TPSA) is 84.9 Å². The molecule has 1 aliphatic rings. The number of aryl methyl sites for hydroxylation is 2. The minimum Gasteiger partial charge on any atom is -0.493 e. The number of halogens is 1. The van der Waals surface area contributed by atoms with Crippen LogP contribution in [0.1, 0.15) is 22.3 Å². The lowest BCUT2D eigenvalue weighted by molar-refractivity contribution is -0.127. The molecule has 0 saturated carbocycles. The third-order valence-corrected chi connectivity index (χ3v) is 6.81. The van der Waals surface area contributed by atoms with E-state index >= 15 is 0 Å². The summed E-state index contributed by atoms with van der Waals surface area (Å²) in [5.41, 5.74) is 3.99. The Morgan fingerprint density at radius 3 is 2.57 bits per heavy atom. The number of benzene rings is 3. The summed E-state index contributed by atoms with van der Waals surface area (Å²) in [5.74, 6) is -0.0857. The molecule has 0 atom stereocenters. The van der Waals surface area contributed by atoms with Crippen LogP contribution in [0.5, 0.6) is 11.5 Å². The summed E-state index contributed by atoms with van der Waals surface area (Å²) >= 11 is 6.74. The van der Waals surface area contributed by atoms with Crippen molar-refractivity contribution in [1.82, 2.24) is 4.90 Å². The number of hydrogen-bond donors (Lipinski definition) is 1. The molecule has 190 valence electrons. The molecule has 0 bridgehead atoms. The van der Waals surface area contributed by atoms with E-state index in [9.17, 15) is 14.4 Å². The molecule has 4 rings (SSSR count). The van der Waals surface area contributed by atoms with Crippen molar-refractivity contribution in [1.29, 1.82) is 0 Å². The Bertz CT molecular complexity index is 1390. The zero-order valence-corrected chi connectivity index (χ0v) is 22.1. The first-order valence-electron chi connectivity index (χ1n) is 11.4. The van der Waals surface area contributed by atoms with Crippen molar-refractivity contribution in [3.05, 3.63) is 92.8 Å². The van der Waals surface area contributed by atoms with Gasteiger partial charge in [0.2, 0.25) is 5.91 Å². The maximum absolute atomic E-state index is 13.1. The van der Waals surface area contributed by atoms with Gasteiger partial charge in [-0.3, -0.25) is 19.3 Å². The zero-order valence-electron chi connectivity index (χ0n) is 20.5. The quantitative estimate of drug-likeness (QED) is 0.344. The van der Waals surface area contributed by atoms with Crippen molar-refractivity contribution in [2.75, 3.05) is 19.0 Å². The fraction of sp³-hybridized carbons (Fsp3) is 0.179. The number of rotatable bonds is 8. The molecule has 0 spiro atoms. The molecule has 3 amide bonds. The molecule has 0 aliphatic carbocycles. The number of para-hydroxylation sites is 1. The third-order valence-electron chi connectivity index (χ3n) is 5.65. The first-order chi connectivity index (χ1) is 17.7. The third kappa shape index (κ3) is 6.34. The number of imide groups is 1. The van der Waals surface area contributed by atoms with Gasteiger partial charge in [-0.15, -0.1) is 0 Å². The van der Waals surface area contributed by atoms with Gasteiger partial charge in [-0.2, -0.15) is 0 Å². The molecule has 37 heavy (non-hydrogen) atoms. The highest BCUT2D eigenvalue weighted by Gasteiger charge is 2.36. The molecule has 0 unspecified atom stereocenters. The number of nitrogens with one attached hydrogen (secondary N) is 1. The Balaban J connectivity index is 1.51. The van der Waals surface area contributed by atoms with Gasteiger partial charge in [0.15, 0.2) is 11.5 Å². The SMILES string of the molecule is COc1cccc(/C=C2/SC(=O)N(CC(=O)Nc3cc(C)ccc3C)C2=O)c1OCc1ccc(Cl)cc1. The van der Waals surface area contributed by atoms with Crippen molar-refractivity contribution in [2.45, 2.75) is 20.5 Å². The Kier molecular flexibility index (Phi) is 8.21. The molecular formula is C28H25ClN2O5S. The average molecular weight is 537 g/mol. The van der Waals surface area contributed by atoms with Crippen LogP contribution in [0.25, 0.3) is 6.08 Å².